The number of amides is 1. The number of nitrogens with zero attached hydrogens (tertiary/aromatic N) is 1. The third-order valence-corrected chi connectivity index (χ3v) is 5.84. The highest BCUT2D eigenvalue weighted by molar-refractivity contribution is 5.80. The Balaban J connectivity index is 1.70. The van der Waals surface area contributed by atoms with E-state index in [0.29, 0.717) is 18.1 Å². The van der Waals surface area contributed by atoms with Crippen molar-refractivity contribution in [2.45, 2.75) is 57.6 Å². The molecule has 2 saturated carbocycles. The van der Waals surface area contributed by atoms with E-state index in [9.17, 15) is 4.79 Å². The third kappa shape index (κ3) is 2.17. The summed E-state index contributed by atoms with van der Waals surface area (Å²) in [4.78, 5) is 14.6. The fraction of sp³-hybridized carbons (Fsp3) is 0.938. The van der Waals surface area contributed by atoms with E-state index in [0.717, 1.165) is 26.1 Å². The van der Waals surface area contributed by atoms with Crippen LogP contribution in [-0.2, 0) is 9.53 Å². The van der Waals surface area contributed by atoms with E-state index in [2.05, 4.69) is 17.1 Å². The second kappa shape index (κ2) is 5.64. The molecule has 2 unspecified atom stereocenters. The number of hydrogen-bond acceptors (Lipinski definition) is 3. The van der Waals surface area contributed by atoms with Gasteiger partial charge in [-0.05, 0) is 26.2 Å². The van der Waals surface area contributed by atoms with E-state index in [1.165, 1.54) is 32.1 Å². The first-order valence-electron chi connectivity index (χ1n) is 8.28. The minimum absolute atomic E-state index is 0.215. The van der Waals surface area contributed by atoms with Crippen LogP contribution >= 0.6 is 0 Å². The molecule has 4 nitrogen and oxygen atoms in total. The average molecular weight is 280 g/mol. The molecule has 3 fully saturated rings. The second-order valence-electron chi connectivity index (χ2n) is 6.79. The zero-order chi connectivity index (χ0) is 14.2. The molecule has 0 aromatic rings. The van der Waals surface area contributed by atoms with Gasteiger partial charge in [0, 0.05) is 38.2 Å². The van der Waals surface area contributed by atoms with Crippen LogP contribution in [0.2, 0.25) is 0 Å². The largest absolute Gasteiger partial charge is 0.378 e. The minimum Gasteiger partial charge on any atom is -0.378 e. The van der Waals surface area contributed by atoms with E-state index in [-0.39, 0.29) is 11.3 Å². The zero-order valence-electron chi connectivity index (χ0n) is 12.9. The van der Waals surface area contributed by atoms with Gasteiger partial charge in [0.2, 0.25) is 5.91 Å². The van der Waals surface area contributed by atoms with E-state index in [1.54, 1.807) is 0 Å². The molecule has 4 heteroatoms. The monoisotopic (exact) mass is 280 g/mol. The van der Waals surface area contributed by atoms with Crippen LogP contribution in [0.3, 0.4) is 0 Å². The predicted octanol–water partition coefficient (Wildman–Crippen LogP) is 1.79. The van der Waals surface area contributed by atoms with Gasteiger partial charge in [0.15, 0.2) is 0 Å². The second-order valence-corrected chi connectivity index (χ2v) is 6.79. The minimum atomic E-state index is 0.215. The maximum Gasteiger partial charge on any atom is 0.228 e. The lowest BCUT2D eigenvalue weighted by Crippen LogP contribution is -2.67. The van der Waals surface area contributed by atoms with Gasteiger partial charge in [-0.15, -0.1) is 0 Å². The van der Waals surface area contributed by atoms with Crippen LogP contribution in [0.1, 0.15) is 45.4 Å². The fourth-order valence-corrected chi connectivity index (χ4v) is 4.48. The SMILES string of the molecule is CCOC1CC(N(C)C(=O)C2CNC2)C12CCCCC2. The molecule has 3 aliphatic rings. The molecule has 0 aromatic heterocycles. The predicted molar refractivity (Wildman–Crippen MR) is 78.5 cm³/mol. The van der Waals surface area contributed by atoms with Crippen LogP contribution in [0, 0.1) is 11.3 Å². The van der Waals surface area contributed by atoms with Crippen molar-refractivity contribution >= 4 is 5.91 Å². The number of nitrogens with one attached hydrogen (secondary N) is 1. The topological polar surface area (TPSA) is 41.6 Å². The Bertz CT molecular complexity index is 361. The first-order chi connectivity index (χ1) is 9.69. The first kappa shape index (κ1) is 14.3. The van der Waals surface area contributed by atoms with Crippen molar-refractivity contribution in [1.82, 2.24) is 10.2 Å². The fourth-order valence-electron chi connectivity index (χ4n) is 4.48. The van der Waals surface area contributed by atoms with Gasteiger partial charge in [-0.1, -0.05) is 19.3 Å². The Morgan fingerprint density at radius 1 is 1.30 bits per heavy atom. The Morgan fingerprint density at radius 2 is 2.00 bits per heavy atom. The maximum absolute atomic E-state index is 12.5. The van der Waals surface area contributed by atoms with E-state index in [1.807, 2.05) is 7.05 Å². The van der Waals surface area contributed by atoms with Gasteiger partial charge in [-0.2, -0.15) is 0 Å². The maximum atomic E-state index is 12.5. The molecule has 1 heterocycles. The highest BCUT2D eigenvalue weighted by atomic mass is 16.5. The summed E-state index contributed by atoms with van der Waals surface area (Å²) in [5.74, 6) is 0.556. The molecule has 0 bridgehead atoms. The molecule has 2 aliphatic carbocycles. The van der Waals surface area contributed by atoms with Crippen molar-refractivity contribution in [2.24, 2.45) is 11.3 Å². The number of rotatable bonds is 4. The van der Waals surface area contributed by atoms with E-state index >= 15 is 0 Å². The average Bonchev–Trinajstić information content (AvgIpc) is 2.41. The normalized spacial score (nSPS) is 32.5. The van der Waals surface area contributed by atoms with Crippen molar-refractivity contribution in [3.63, 3.8) is 0 Å². The standard InChI is InChI=1S/C16H28N2O2/c1-3-20-14-9-13(16(14)7-5-4-6-8-16)18(2)15(19)12-10-17-11-12/h12-14,17H,3-11H2,1-2H3. The lowest BCUT2D eigenvalue weighted by molar-refractivity contribution is -0.187. The number of carbonyl (C=O) groups excluding carboxylic acids is 1. The van der Waals surface area contributed by atoms with Crippen LogP contribution in [0.25, 0.3) is 0 Å². The molecule has 3 rings (SSSR count). The molecular weight excluding hydrogens is 252 g/mol. The third-order valence-electron chi connectivity index (χ3n) is 5.84. The summed E-state index contributed by atoms with van der Waals surface area (Å²) in [5, 5.41) is 3.20. The van der Waals surface area contributed by atoms with Crippen LogP contribution in [0.5, 0.6) is 0 Å². The van der Waals surface area contributed by atoms with E-state index in [4.69, 9.17) is 4.74 Å². The summed E-state index contributed by atoms with van der Waals surface area (Å²) < 4.78 is 5.98. The summed E-state index contributed by atoms with van der Waals surface area (Å²) in [6.07, 6.45) is 7.84. The molecule has 0 radical (unpaired) electrons. The van der Waals surface area contributed by atoms with Crippen molar-refractivity contribution in [1.29, 1.82) is 0 Å². The summed E-state index contributed by atoms with van der Waals surface area (Å²) >= 11 is 0. The highest BCUT2D eigenvalue weighted by Gasteiger charge is 2.58. The van der Waals surface area contributed by atoms with Gasteiger partial charge in [-0.3, -0.25) is 4.79 Å². The van der Waals surface area contributed by atoms with Crippen LogP contribution in [0.4, 0.5) is 0 Å². The molecule has 0 aromatic carbocycles. The molecule has 1 N–H and O–H groups in total. The summed E-state index contributed by atoms with van der Waals surface area (Å²) in [7, 11) is 2.02. The van der Waals surface area contributed by atoms with Gasteiger partial charge in [0.25, 0.3) is 0 Å². The molecule has 1 saturated heterocycles. The van der Waals surface area contributed by atoms with Gasteiger partial charge in [0.05, 0.1) is 12.0 Å². The number of hydrogen-bond donors (Lipinski definition) is 1. The van der Waals surface area contributed by atoms with E-state index < -0.39 is 0 Å². The molecule has 1 spiro atoms. The van der Waals surface area contributed by atoms with Crippen LogP contribution in [0.15, 0.2) is 0 Å². The van der Waals surface area contributed by atoms with Crippen molar-refractivity contribution < 1.29 is 9.53 Å². The Kier molecular flexibility index (Phi) is 4.04. The van der Waals surface area contributed by atoms with Gasteiger partial charge in [0.1, 0.15) is 0 Å². The molecule has 2 atom stereocenters. The summed E-state index contributed by atoms with van der Waals surface area (Å²) in [6, 6.07) is 0.410. The number of carbonyl (C=O) groups is 1. The summed E-state index contributed by atoms with van der Waals surface area (Å²) in [5.41, 5.74) is 0.260. The Labute approximate surface area is 122 Å². The van der Waals surface area contributed by atoms with Crippen molar-refractivity contribution in [3.8, 4) is 0 Å². The lowest BCUT2D eigenvalue weighted by Gasteiger charge is -2.60. The quantitative estimate of drug-likeness (QED) is 0.853. The Hall–Kier alpha value is -0.610. The first-order valence-corrected chi connectivity index (χ1v) is 8.28. The van der Waals surface area contributed by atoms with Crippen molar-refractivity contribution in [2.75, 3.05) is 26.7 Å². The van der Waals surface area contributed by atoms with Crippen LogP contribution in [-0.4, -0.2) is 49.7 Å². The van der Waals surface area contributed by atoms with Gasteiger partial charge >= 0.3 is 0 Å². The molecule has 1 aliphatic heterocycles. The molecule has 1 amide bonds. The molecule has 20 heavy (non-hydrogen) atoms. The molecular formula is C16H28N2O2. The smallest absolute Gasteiger partial charge is 0.228 e. The number of ether oxygens (including phenoxy) is 1. The van der Waals surface area contributed by atoms with Gasteiger partial charge < -0.3 is 15.0 Å². The zero-order valence-corrected chi connectivity index (χ0v) is 12.9. The van der Waals surface area contributed by atoms with Crippen molar-refractivity contribution in [3.05, 3.63) is 0 Å². The van der Waals surface area contributed by atoms with Crippen LogP contribution < -0.4 is 5.32 Å². The Morgan fingerprint density at radius 3 is 2.55 bits per heavy atom. The van der Waals surface area contributed by atoms with Gasteiger partial charge in [-0.25, -0.2) is 0 Å². The highest BCUT2D eigenvalue weighted by Crippen LogP contribution is 2.55. The summed E-state index contributed by atoms with van der Waals surface area (Å²) in [6.45, 7) is 4.59. The lowest BCUT2D eigenvalue weighted by atomic mass is 9.54. The molecule has 114 valence electrons.